The van der Waals surface area contributed by atoms with Crippen molar-refractivity contribution >= 4 is 60.9 Å². The average Bonchev–Trinajstić information content (AvgIpc) is 3.84. The Morgan fingerprint density at radius 2 is 1.00 bits per heavy atom. The molecular weight excluding hydrogens is 629 g/mol. The van der Waals surface area contributed by atoms with Crippen LogP contribution in [0.15, 0.2) is 179 Å². The van der Waals surface area contributed by atoms with Gasteiger partial charge in [-0.1, -0.05) is 60.6 Å². The SMILES string of the molecule is [2H]c1cc(N(c2ccc(-c3nc4ccccc4o3)cc2)c2ccc(-c3nc4ccccc4o3)cc2)cc2c([2H])cc(-c3ccc4cccnc4c3)cc12. The zero-order valence-electron chi connectivity index (χ0n) is 29.1. The zero-order valence-corrected chi connectivity index (χ0v) is 27.1. The molecule has 51 heavy (non-hydrogen) atoms. The number of hydrogen-bond acceptors (Lipinski definition) is 6. The predicted molar refractivity (Wildman–Crippen MR) is 205 cm³/mol. The number of hydrogen-bond donors (Lipinski definition) is 0. The van der Waals surface area contributed by atoms with Crippen LogP contribution in [0.3, 0.4) is 0 Å². The van der Waals surface area contributed by atoms with Crippen molar-refractivity contribution in [3.8, 4) is 34.0 Å². The van der Waals surface area contributed by atoms with Crippen LogP contribution in [-0.4, -0.2) is 15.0 Å². The van der Waals surface area contributed by atoms with Crippen molar-refractivity contribution in [2.24, 2.45) is 0 Å². The first kappa shape index (κ1) is 26.9. The maximum absolute atomic E-state index is 9.25. The molecule has 0 saturated heterocycles. The number of rotatable bonds is 6. The lowest BCUT2D eigenvalue weighted by atomic mass is 9.99. The largest absolute Gasteiger partial charge is 0.436 e. The molecule has 0 N–H and O–H groups in total. The number of pyridine rings is 1. The van der Waals surface area contributed by atoms with E-state index in [1.165, 1.54) is 0 Å². The minimum atomic E-state index is 0.322. The summed E-state index contributed by atoms with van der Waals surface area (Å²) in [5, 5.41) is 2.44. The molecule has 0 fully saturated rings. The van der Waals surface area contributed by atoms with E-state index in [2.05, 4.69) is 19.9 Å². The van der Waals surface area contributed by atoms with Crippen LogP contribution >= 0.6 is 0 Å². The summed E-state index contributed by atoms with van der Waals surface area (Å²) in [6, 6.07) is 49.9. The number of anilines is 3. The van der Waals surface area contributed by atoms with Gasteiger partial charge in [0.2, 0.25) is 11.8 Å². The summed E-state index contributed by atoms with van der Waals surface area (Å²) < 4.78 is 30.5. The molecule has 10 rings (SSSR count). The molecule has 0 unspecified atom stereocenters. The van der Waals surface area contributed by atoms with Crippen LogP contribution in [0.2, 0.25) is 0 Å². The molecule has 0 radical (unpaired) electrons. The smallest absolute Gasteiger partial charge is 0.227 e. The number of nitrogens with zero attached hydrogens (tertiary/aromatic N) is 4. The van der Waals surface area contributed by atoms with E-state index in [0.29, 0.717) is 34.6 Å². The number of oxazole rings is 2. The van der Waals surface area contributed by atoms with Gasteiger partial charge >= 0.3 is 0 Å². The second-order valence-corrected chi connectivity index (χ2v) is 12.4. The monoisotopic (exact) mass is 658 g/mol. The Labute approximate surface area is 295 Å². The Morgan fingerprint density at radius 1 is 0.431 bits per heavy atom. The van der Waals surface area contributed by atoms with Gasteiger partial charge in [0.05, 0.1) is 8.26 Å². The first-order chi connectivity index (χ1) is 26.0. The van der Waals surface area contributed by atoms with E-state index in [9.17, 15) is 1.37 Å². The molecule has 0 aliphatic heterocycles. The van der Waals surface area contributed by atoms with E-state index in [0.717, 1.165) is 72.4 Å². The molecule has 3 aromatic heterocycles. The van der Waals surface area contributed by atoms with Gasteiger partial charge in [-0.15, -0.1) is 0 Å². The van der Waals surface area contributed by atoms with Crippen LogP contribution in [0.5, 0.6) is 0 Å². The standard InChI is InChI=1S/C45H28N4O2/c1-3-9-42-39(7-1)47-44(50-42)30-15-20-36(21-16-30)49(37-22-17-31(18-23-37)45-48-40-8-2-4-10-43(40)51-45)38-24-19-33-26-32(13-14-34(33)27-38)35-12-11-29-6-5-25-46-41(29)28-35/h1-28H/i14D,19D. The number of fused-ring (bicyclic) bond motifs is 4. The molecule has 10 aromatic rings. The van der Waals surface area contributed by atoms with Gasteiger partial charge in [-0.25, -0.2) is 9.97 Å². The van der Waals surface area contributed by atoms with E-state index in [4.69, 9.17) is 10.2 Å². The quantitative estimate of drug-likeness (QED) is 0.177. The van der Waals surface area contributed by atoms with E-state index in [-0.39, 0.29) is 0 Å². The van der Waals surface area contributed by atoms with Gasteiger partial charge in [-0.3, -0.25) is 4.98 Å². The second kappa shape index (κ2) is 11.8. The molecule has 0 atom stereocenters. The highest BCUT2D eigenvalue weighted by molar-refractivity contribution is 5.93. The molecule has 0 amide bonds. The molecule has 0 bridgehead atoms. The van der Waals surface area contributed by atoms with E-state index < -0.39 is 0 Å². The normalized spacial score (nSPS) is 12.1. The van der Waals surface area contributed by atoms with Crippen LogP contribution in [0, 0.1) is 0 Å². The van der Waals surface area contributed by atoms with Crippen molar-refractivity contribution in [3.63, 3.8) is 0 Å². The summed E-state index contributed by atoms with van der Waals surface area (Å²) in [5.74, 6) is 1.09. The molecule has 0 aliphatic rings. The first-order valence-corrected chi connectivity index (χ1v) is 16.7. The van der Waals surface area contributed by atoms with Gasteiger partial charge in [-0.2, -0.15) is 0 Å². The second-order valence-electron chi connectivity index (χ2n) is 12.4. The van der Waals surface area contributed by atoms with Gasteiger partial charge in [0, 0.05) is 39.8 Å². The van der Waals surface area contributed by atoms with Crippen LogP contribution in [-0.2, 0) is 0 Å². The van der Waals surface area contributed by atoms with E-state index in [1.807, 2.05) is 152 Å². The van der Waals surface area contributed by atoms with Crippen molar-refractivity contribution in [1.29, 1.82) is 0 Å². The van der Waals surface area contributed by atoms with Crippen LogP contribution in [0.1, 0.15) is 2.74 Å². The van der Waals surface area contributed by atoms with E-state index >= 15 is 0 Å². The lowest BCUT2D eigenvalue weighted by Crippen LogP contribution is -2.09. The van der Waals surface area contributed by atoms with Crippen molar-refractivity contribution in [2.45, 2.75) is 0 Å². The van der Waals surface area contributed by atoms with Gasteiger partial charge < -0.3 is 13.7 Å². The topological polar surface area (TPSA) is 68.2 Å². The lowest BCUT2D eigenvalue weighted by molar-refractivity contribution is 0.619. The third kappa shape index (κ3) is 5.27. The molecule has 0 spiro atoms. The molecule has 6 heteroatoms. The Morgan fingerprint density at radius 3 is 1.65 bits per heavy atom. The average molecular weight is 659 g/mol. The molecule has 7 aromatic carbocycles. The fourth-order valence-corrected chi connectivity index (χ4v) is 6.57. The molecule has 0 aliphatic carbocycles. The lowest BCUT2D eigenvalue weighted by Gasteiger charge is -2.26. The maximum atomic E-state index is 9.25. The maximum Gasteiger partial charge on any atom is 0.227 e. The zero-order chi connectivity index (χ0) is 35.5. The fraction of sp³-hybridized carbons (Fsp3) is 0. The van der Waals surface area contributed by atoms with Crippen LogP contribution in [0.4, 0.5) is 17.1 Å². The Bertz CT molecular complexity index is 2810. The molecule has 6 nitrogen and oxygen atoms in total. The number of para-hydroxylation sites is 4. The summed E-state index contributed by atoms with van der Waals surface area (Å²) in [6.07, 6.45) is 1.78. The minimum absolute atomic E-state index is 0.322. The molecular formula is C45H28N4O2. The summed E-state index contributed by atoms with van der Waals surface area (Å²) >= 11 is 0. The highest BCUT2D eigenvalue weighted by atomic mass is 16.4. The van der Waals surface area contributed by atoms with Crippen LogP contribution < -0.4 is 4.90 Å². The van der Waals surface area contributed by atoms with Crippen molar-refractivity contribution < 1.29 is 11.6 Å². The summed E-state index contributed by atoms with van der Waals surface area (Å²) in [7, 11) is 0. The third-order valence-electron chi connectivity index (χ3n) is 9.17. The van der Waals surface area contributed by atoms with Gasteiger partial charge in [0.1, 0.15) is 11.0 Å². The molecule has 0 saturated carbocycles. The number of aromatic nitrogens is 3. The Kier molecular flexibility index (Phi) is 6.23. The highest BCUT2D eigenvalue weighted by Crippen LogP contribution is 2.39. The van der Waals surface area contributed by atoms with Crippen molar-refractivity contribution in [2.75, 3.05) is 4.90 Å². The van der Waals surface area contributed by atoms with Gasteiger partial charge in [0.25, 0.3) is 0 Å². The predicted octanol–water partition coefficient (Wildman–Crippen LogP) is 12.1. The summed E-state index contributed by atoms with van der Waals surface area (Å²) in [4.78, 5) is 16.0. The summed E-state index contributed by atoms with van der Waals surface area (Å²) in [6.45, 7) is 0. The Hall–Kier alpha value is -7.05. The summed E-state index contributed by atoms with van der Waals surface area (Å²) in [5.41, 5.74) is 9.97. The van der Waals surface area contributed by atoms with Gasteiger partial charge in [-0.05, 0) is 125 Å². The van der Waals surface area contributed by atoms with E-state index in [1.54, 1.807) is 6.20 Å². The first-order valence-electron chi connectivity index (χ1n) is 17.7. The van der Waals surface area contributed by atoms with Crippen LogP contribution in [0.25, 0.3) is 77.9 Å². The molecule has 240 valence electrons. The Balaban J connectivity index is 1.07. The molecule has 3 heterocycles. The van der Waals surface area contributed by atoms with Crippen molar-refractivity contribution in [1.82, 2.24) is 15.0 Å². The third-order valence-corrected chi connectivity index (χ3v) is 9.17. The fourth-order valence-electron chi connectivity index (χ4n) is 6.57. The van der Waals surface area contributed by atoms with Crippen molar-refractivity contribution in [3.05, 3.63) is 170 Å². The highest BCUT2D eigenvalue weighted by Gasteiger charge is 2.16. The van der Waals surface area contributed by atoms with Gasteiger partial charge in [0.15, 0.2) is 11.2 Å². The minimum Gasteiger partial charge on any atom is -0.436 e. The number of benzene rings is 7.